The van der Waals surface area contributed by atoms with Crippen molar-refractivity contribution in [2.24, 2.45) is 0 Å². The first-order chi connectivity index (χ1) is 8.60. The van der Waals surface area contributed by atoms with Crippen LogP contribution in [-0.4, -0.2) is 0 Å². The standard InChI is InChI=1S/C13H8Br2ClFO/c14-7-8-5-9(16)1-3-12(8)18-13-4-2-10(17)6-11(13)15/h1-6H,7H2. The Morgan fingerprint density at radius 2 is 1.83 bits per heavy atom. The molecule has 0 atom stereocenters. The van der Waals surface area contributed by atoms with Crippen LogP contribution in [-0.2, 0) is 5.33 Å². The molecular formula is C13H8Br2ClFO. The summed E-state index contributed by atoms with van der Waals surface area (Å²) in [5.41, 5.74) is 0.929. The largest absolute Gasteiger partial charge is 0.456 e. The average Bonchev–Trinajstić information content (AvgIpc) is 2.34. The highest BCUT2D eigenvalue weighted by Gasteiger charge is 2.08. The summed E-state index contributed by atoms with van der Waals surface area (Å²) in [6, 6.07) is 9.65. The number of ether oxygens (including phenoxy) is 1. The van der Waals surface area contributed by atoms with E-state index in [1.807, 2.05) is 6.07 Å². The van der Waals surface area contributed by atoms with Crippen LogP contribution < -0.4 is 4.74 Å². The van der Waals surface area contributed by atoms with Gasteiger partial charge in [0.1, 0.15) is 17.3 Å². The van der Waals surface area contributed by atoms with Crippen molar-refractivity contribution >= 4 is 43.5 Å². The summed E-state index contributed by atoms with van der Waals surface area (Å²) in [6.07, 6.45) is 0. The van der Waals surface area contributed by atoms with Gasteiger partial charge in [0.15, 0.2) is 0 Å². The molecule has 0 aliphatic rings. The molecule has 5 heteroatoms. The summed E-state index contributed by atoms with van der Waals surface area (Å²) in [7, 11) is 0. The normalized spacial score (nSPS) is 10.4. The van der Waals surface area contributed by atoms with Crippen molar-refractivity contribution in [3.05, 3.63) is 57.3 Å². The summed E-state index contributed by atoms with van der Waals surface area (Å²) >= 11 is 12.6. The smallest absolute Gasteiger partial charge is 0.141 e. The second kappa shape index (κ2) is 6.04. The molecule has 2 aromatic rings. The molecule has 0 aliphatic carbocycles. The van der Waals surface area contributed by atoms with Gasteiger partial charge in [-0.05, 0) is 52.3 Å². The van der Waals surface area contributed by atoms with Gasteiger partial charge in [0, 0.05) is 15.9 Å². The highest BCUT2D eigenvalue weighted by atomic mass is 79.9. The van der Waals surface area contributed by atoms with Gasteiger partial charge in [-0.1, -0.05) is 27.5 Å². The van der Waals surface area contributed by atoms with Crippen LogP contribution in [0.1, 0.15) is 5.56 Å². The second-order valence-electron chi connectivity index (χ2n) is 3.56. The topological polar surface area (TPSA) is 9.23 Å². The van der Waals surface area contributed by atoms with Crippen LogP contribution in [0.5, 0.6) is 11.5 Å². The lowest BCUT2D eigenvalue weighted by Crippen LogP contribution is -1.91. The van der Waals surface area contributed by atoms with E-state index in [0.29, 0.717) is 26.3 Å². The number of hydrogen-bond donors (Lipinski definition) is 0. The molecule has 0 radical (unpaired) electrons. The molecule has 0 amide bonds. The molecule has 0 saturated carbocycles. The maximum Gasteiger partial charge on any atom is 0.141 e. The summed E-state index contributed by atoms with van der Waals surface area (Å²) in [4.78, 5) is 0. The molecule has 0 fully saturated rings. The van der Waals surface area contributed by atoms with Crippen molar-refractivity contribution in [1.29, 1.82) is 0 Å². The van der Waals surface area contributed by atoms with Crippen LogP contribution in [0.25, 0.3) is 0 Å². The Morgan fingerprint density at radius 1 is 1.11 bits per heavy atom. The maximum atomic E-state index is 13.0. The van der Waals surface area contributed by atoms with Crippen LogP contribution in [0.4, 0.5) is 4.39 Å². The van der Waals surface area contributed by atoms with Crippen molar-refractivity contribution < 1.29 is 9.13 Å². The van der Waals surface area contributed by atoms with Gasteiger partial charge in [-0.3, -0.25) is 0 Å². The third-order valence-corrected chi connectivity index (χ3v) is 3.74. The first kappa shape index (κ1) is 13.8. The van der Waals surface area contributed by atoms with Crippen molar-refractivity contribution in [2.75, 3.05) is 0 Å². The van der Waals surface area contributed by atoms with Crippen molar-refractivity contribution in [3.8, 4) is 11.5 Å². The van der Waals surface area contributed by atoms with Gasteiger partial charge in [-0.15, -0.1) is 0 Å². The molecular weight excluding hydrogens is 386 g/mol. The lowest BCUT2D eigenvalue weighted by molar-refractivity contribution is 0.473. The Hall–Kier alpha value is -0.580. The average molecular weight is 394 g/mol. The second-order valence-corrected chi connectivity index (χ2v) is 5.41. The zero-order valence-electron chi connectivity index (χ0n) is 9.09. The highest BCUT2D eigenvalue weighted by Crippen LogP contribution is 2.33. The molecule has 0 saturated heterocycles. The molecule has 0 aliphatic heterocycles. The Morgan fingerprint density at radius 3 is 2.50 bits per heavy atom. The number of halogens is 4. The molecule has 18 heavy (non-hydrogen) atoms. The van der Waals surface area contributed by atoms with Gasteiger partial charge < -0.3 is 4.74 Å². The van der Waals surface area contributed by atoms with E-state index in [9.17, 15) is 4.39 Å². The van der Waals surface area contributed by atoms with E-state index in [2.05, 4.69) is 31.9 Å². The fourth-order valence-electron chi connectivity index (χ4n) is 1.43. The minimum atomic E-state index is -0.314. The lowest BCUT2D eigenvalue weighted by Gasteiger charge is -2.11. The lowest BCUT2D eigenvalue weighted by atomic mass is 10.2. The monoisotopic (exact) mass is 392 g/mol. The SMILES string of the molecule is Fc1ccc(Oc2ccc(Cl)cc2CBr)c(Br)c1. The van der Waals surface area contributed by atoms with Gasteiger partial charge in [0.2, 0.25) is 0 Å². The van der Waals surface area contributed by atoms with Crippen molar-refractivity contribution in [1.82, 2.24) is 0 Å². The van der Waals surface area contributed by atoms with E-state index in [-0.39, 0.29) is 5.82 Å². The Kier molecular flexibility index (Phi) is 4.65. The fraction of sp³-hybridized carbons (Fsp3) is 0.0769. The first-order valence-corrected chi connectivity index (χ1v) is 7.36. The molecule has 0 N–H and O–H groups in total. The third kappa shape index (κ3) is 3.25. The molecule has 94 valence electrons. The highest BCUT2D eigenvalue weighted by molar-refractivity contribution is 9.10. The maximum absolute atomic E-state index is 13.0. The molecule has 0 heterocycles. The Balaban J connectivity index is 2.33. The van der Waals surface area contributed by atoms with Crippen molar-refractivity contribution in [3.63, 3.8) is 0 Å². The number of benzene rings is 2. The van der Waals surface area contributed by atoms with Gasteiger partial charge in [-0.2, -0.15) is 0 Å². The van der Waals surface area contributed by atoms with Gasteiger partial charge in [-0.25, -0.2) is 4.39 Å². The van der Waals surface area contributed by atoms with Crippen molar-refractivity contribution in [2.45, 2.75) is 5.33 Å². The van der Waals surface area contributed by atoms with Crippen LogP contribution in [0.15, 0.2) is 40.9 Å². The van der Waals surface area contributed by atoms with Crippen LogP contribution in [0.2, 0.25) is 5.02 Å². The summed E-state index contributed by atoms with van der Waals surface area (Å²) < 4.78 is 19.3. The van der Waals surface area contributed by atoms with E-state index in [4.69, 9.17) is 16.3 Å². The summed E-state index contributed by atoms with van der Waals surface area (Å²) in [5.74, 6) is 0.926. The summed E-state index contributed by atoms with van der Waals surface area (Å²) in [5, 5.41) is 1.27. The predicted octanol–water partition coefficient (Wildman–Crippen LogP) is 5.93. The van der Waals surface area contributed by atoms with E-state index in [1.165, 1.54) is 12.1 Å². The van der Waals surface area contributed by atoms with Gasteiger partial charge >= 0.3 is 0 Å². The number of hydrogen-bond acceptors (Lipinski definition) is 1. The quantitative estimate of drug-likeness (QED) is 0.587. The first-order valence-electron chi connectivity index (χ1n) is 5.07. The fourth-order valence-corrected chi connectivity index (χ4v) is 2.49. The van der Waals surface area contributed by atoms with Gasteiger partial charge in [0.25, 0.3) is 0 Å². The molecule has 2 rings (SSSR count). The zero-order chi connectivity index (χ0) is 13.1. The molecule has 1 nitrogen and oxygen atoms in total. The van der Waals surface area contributed by atoms with E-state index >= 15 is 0 Å². The van der Waals surface area contributed by atoms with Crippen LogP contribution in [0.3, 0.4) is 0 Å². The Labute approximate surface area is 126 Å². The van der Waals surface area contributed by atoms with E-state index in [0.717, 1.165) is 5.56 Å². The van der Waals surface area contributed by atoms with Gasteiger partial charge in [0.05, 0.1) is 4.47 Å². The molecule has 0 aromatic heterocycles. The third-order valence-electron chi connectivity index (χ3n) is 2.28. The Bertz CT molecular complexity index is 575. The molecule has 0 bridgehead atoms. The molecule has 0 unspecified atom stereocenters. The molecule has 2 aromatic carbocycles. The predicted molar refractivity (Wildman–Crippen MR) is 78.3 cm³/mol. The van der Waals surface area contributed by atoms with E-state index < -0.39 is 0 Å². The molecule has 0 spiro atoms. The zero-order valence-corrected chi connectivity index (χ0v) is 13.0. The summed E-state index contributed by atoms with van der Waals surface area (Å²) in [6.45, 7) is 0. The van der Waals surface area contributed by atoms with Crippen LogP contribution >= 0.6 is 43.5 Å². The van der Waals surface area contributed by atoms with E-state index in [1.54, 1.807) is 18.2 Å². The van der Waals surface area contributed by atoms with Crippen LogP contribution in [0, 0.1) is 5.82 Å². The number of rotatable bonds is 3. The minimum Gasteiger partial charge on any atom is -0.456 e. The minimum absolute atomic E-state index is 0.314. The number of alkyl halides is 1.